The lowest BCUT2D eigenvalue weighted by Gasteiger charge is -2.21. The number of aryl methyl sites for hydroxylation is 2. The van der Waals surface area contributed by atoms with E-state index in [1.165, 1.54) is 23.5 Å². The van der Waals surface area contributed by atoms with Gasteiger partial charge in [0.2, 0.25) is 5.89 Å². The van der Waals surface area contributed by atoms with Crippen molar-refractivity contribution in [1.29, 1.82) is 0 Å². The first kappa shape index (κ1) is 19.2. The Balaban J connectivity index is 1.41. The summed E-state index contributed by atoms with van der Waals surface area (Å²) in [4.78, 5) is 17.0. The molecule has 0 bridgehead atoms. The van der Waals surface area contributed by atoms with Gasteiger partial charge in [-0.2, -0.15) is 0 Å². The van der Waals surface area contributed by atoms with Crippen molar-refractivity contribution in [2.45, 2.75) is 24.9 Å². The molecular formula is C22H22N2O2S2. The van der Waals surface area contributed by atoms with Gasteiger partial charge in [0.1, 0.15) is 5.76 Å². The molecule has 1 aromatic heterocycles. The minimum atomic E-state index is -0.105. The van der Waals surface area contributed by atoms with Gasteiger partial charge in [-0.3, -0.25) is 4.79 Å². The highest BCUT2D eigenvalue weighted by atomic mass is 32.2. The smallest absolute Gasteiger partial charge is 0.255 e. The van der Waals surface area contributed by atoms with Gasteiger partial charge in [0.15, 0.2) is 0 Å². The summed E-state index contributed by atoms with van der Waals surface area (Å²) in [6.45, 7) is 3.82. The quantitative estimate of drug-likeness (QED) is 0.565. The summed E-state index contributed by atoms with van der Waals surface area (Å²) in [5.41, 5.74) is 4.47. The molecule has 0 spiro atoms. The molecule has 0 aliphatic carbocycles. The van der Waals surface area contributed by atoms with Crippen LogP contribution in [0.3, 0.4) is 0 Å². The van der Waals surface area contributed by atoms with Crippen molar-refractivity contribution in [1.82, 2.24) is 4.98 Å². The summed E-state index contributed by atoms with van der Waals surface area (Å²) < 4.78 is 6.14. The molecule has 1 amide bonds. The first-order valence-electron chi connectivity index (χ1n) is 9.29. The summed E-state index contributed by atoms with van der Waals surface area (Å²) >= 11 is 3.97. The molecule has 1 fully saturated rings. The van der Waals surface area contributed by atoms with Crippen LogP contribution in [0.5, 0.6) is 0 Å². The number of nitrogens with one attached hydrogen (secondary N) is 1. The van der Waals surface area contributed by atoms with Gasteiger partial charge in [0.05, 0.1) is 10.3 Å². The molecular weight excluding hydrogens is 388 g/mol. The van der Waals surface area contributed by atoms with Crippen molar-refractivity contribution >= 4 is 35.1 Å². The van der Waals surface area contributed by atoms with E-state index in [1.54, 1.807) is 0 Å². The van der Waals surface area contributed by atoms with Crippen molar-refractivity contribution in [3.8, 4) is 11.5 Å². The molecule has 144 valence electrons. The second-order valence-corrected chi connectivity index (χ2v) is 9.47. The summed E-state index contributed by atoms with van der Waals surface area (Å²) in [6.07, 6.45) is 1.28. The molecule has 0 unspecified atom stereocenters. The van der Waals surface area contributed by atoms with E-state index in [1.807, 2.05) is 73.8 Å². The third-order valence-electron chi connectivity index (χ3n) is 4.69. The fourth-order valence-corrected chi connectivity index (χ4v) is 5.86. The van der Waals surface area contributed by atoms with E-state index >= 15 is 0 Å². The number of thioether (sulfide) groups is 2. The van der Waals surface area contributed by atoms with Gasteiger partial charge >= 0.3 is 0 Å². The van der Waals surface area contributed by atoms with E-state index in [-0.39, 0.29) is 5.91 Å². The summed E-state index contributed by atoms with van der Waals surface area (Å²) in [5, 5.41) is 2.95. The molecule has 1 aliphatic heterocycles. The maximum Gasteiger partial charge on any atom is 0.255 e. The first-order chi connectivity index (χ1) is 13.6. The third-order valence-corrected chi connectivity index (χ3v) is 7.71. The molecule has 6 heteroatoms. The maximum absolute atomic E-state index is 12.6. The predicted octanol–water partition coefficient (Wildman–Crippen LogP) is 6.08. The fourth-order valence-electron chi connectivity index (χ4n) is 2.97. The Kier molecular flexibility index (Phi) is 5.78. The van der Waals surface area contributed by atoms with Gasteiger partial charge < -0.3 is 9.73 Å². The Morgan fingerprint density at radius 1 is 1.04 bits per heavy atom. The lowest BCUT2D eigenvalue weighted by molar-refractivity contribution is 0.102. The number of anilines is 1. The third kappa shape index (κ3) is 4.28. The van der Waals surface area contributed by atoms with Crippen molar-refractivity contribution in [2.24, 2.45) is 0 Å². The van der Waals surface area contributed by atoms with E-state index in [2.05, 4.69) is 22.4 Å². The molecule has 28 heavy (non-hydrogen) atoms. The summed E-state index contributed by atoms with van der Waals surface area (Å²) in [7, 11) is 0. The van der Waals surface area contributed by atoms with Crippen LogP contribution in [0.1, 0.15) is 38.4 Å². The van der Waals surface area contributed by atoms with Crippen molar-refractivity contribution < 1.29 is 9.21 Å². The highest BCUT2D eigenvalue weighted by Gasteiger charge is 2.17. The second kappa shape index (κ2) is 8.45. The SMILES string of the molecule is Cc1nc(-c2ccc(NC(=O)c3ccc(C4SCCCS4)cc3)cc2)oc1C. The normalized spacial score (nSPS) is 14.8. The van der Waals surface area contributed by atoms with Crippen LogP contribution in [0.4, 0.5) is 5.69 Å². The van der Waals surface area contributed by atoms with E-state index in [0.29, 0.717) is 16.0 Å². The number of hydrogen-bond acceptors (Lipinski definition) is 5. The summed E-state index contributed by atoms with van der Waals surface area (Å²) in [5.74, 6) is 3.74. The number of carbonyl (C=O) groups is 1. The molecule has 2 heterocycles. The molecule has 2 aromatic carbocycles. The fraction of sp³-hybridized carbons (Fsp3) is 0.273. The van der Waals surface area contributed by atoms with Gasteiger partial charge in [0.25, 0.3) is 5.91 Å². The number of benzene rings is 2. The number of carbonyl (C=O) groups excluding carboxylic acids is 1. The zero-order chi connectivity index (χ0) is 19.5. The molecule has 0 radical (unpaired) electrons. The maximum atomic E-state index is 12.6. The molecule has 4 rings (SSSR count). The average Bonchev–Trinajstić information content (AvgIpc) is 3.08. The Labute approximate surface area is 173 Å². The molecule has 3 aromatic rings. The lowest BCUT2D eigenvalue weighted by Crippen LogP contribution is -2.12. The standard InChI is InChI=1S/C22H22N2O2S2/c1-14-15(2)26-21(23-14)17-8-10-19(11-9-17)24-20(25)16-4-6-18(7-5-16)22-27-12-3-13-28-22/h4-11,22H,3,12-13H2,1-2H3,(H,24,25). The van der Waals surface area contributed by atoms with Crippen LogP contribution < -0.4 is 5.32 Å². The van der Waals surface area contributed by atoms with E-state index in [9.17, 15) is 4.79 Å². The largest absolute Gasteiger partial charge is 0.441 e. The Bertz CT molecular complexity index is 940. The van der Waals surface area contributed by atoms with Crippen LogP contribution in [0.15, 0.2) is 52.9 Å². The number of aromatic nitrogens is 1. The van der Waals surface area contributed by atoms with Gasteiger partial charge in [-0.1, -0.05) is 12.1 Å². The van der Waals surface area contributed by atoms with Crippen LogP contribution in [-0.2, 0) is 0 Å². The Morgan fingerprint density at radius 3 is 2.32 bits per heavy atom. The molecule has 0 atom stereocenters. The highest BCUT2D eigenvalue weighted by molar-refractivity contribution is 8.16. The van der Waals surface area contributed by atoms with Crippen molar-refractivity contribution in [3.63, 3.8) is 0 Å². The lowest BCUT2D eigenvalue weighted by atomic mass is 10.1. The molecule has 4 nitrogen and oxygen atoms in total. The molecule has 1 aliphatic rings. The average molecular weight is 411 g/mol. The van der Waals surface area contributed by atoms with Crippen molar-refractivity contribution in [2.75, 3.05) is 16.8 Å². The van der Waals surface area contributed by atoms with E-state index in [4.69, 9.17) is 4.42 Å². The topological polar surface area (TPSA) is 55.1 Å². The van der Waals surface area contributed by atoms with Gasteiger partial charge in [-0.15, -0.1) is 23.5 Å². The highest BCUT2D eigenvalue weighted by Crippen LogP contribution is 2.43. The Morgan fingerprint density at radius 2 is 1.71 bits per heavy atom. The molecule has 0 saturated carbocycles. The first-order valence-corrected chi connectivity index (χ1v) is 11.4. The zero-order valence-corrected chi connectivity index (χ0v) is 17.5. The van der Waals surface area contributed by atoms with E-state index < -0.39 is 0 Å². The van der Waals surface area contributed by atoms with Gasteiger partial charge in [-0.05, 0) is 73.7 Å². The van der Waals surface area contributed by atoms with Gasteiger partial charge in [0, 0.05) is 16.8 Å². The minimum absolute atomic E-state index is 0.105. The van der Waals surface area contributed by atoms with Crippen LogP contribution in [0.2, 0.25) is 0 Å². The molecule has 1 N–H and O–H groups in total. The van der Waals surface area contributed by atoms with E-state index in [0.717, 1.165) is 22.7 Å². The number of rotatable bonds is 4. The molecule has 1 saturated heterocycles. The van der Waals surface area contributed by atoms with Crippen LogP contribution in [0.25, 0.3) is 11.5 Å². The number of amides is 1. The second-order valence-electron chi connectivity index (χ2n) is 6.74. The predicted molar refractivity (Wildman–Crippen MR) is 118 cm³/mol. The van der Waals surface area contributed by atoms with Crippen LogP contribution in [0, 0.1) is 13.8 Å². The summed E-state index contributed by atoms with van der Waals surface area (Å²) in [6, 6.07) is 15.5. The minimum Gasteiger partial charge on any atom is -0.441 e. The van der Waals surface area contributed by atoms with Crippen LogP contribution >= 0.6 is 23.5 Å². The zero-order valence-electron chi connectivity index (χ0n) is 15.9. The van der Waals surface area contributed by atoms with Crippen molar-refractivity contribution in [3.05, 3.63) is 71.1 Å². The van der Waals surface area contributed by atoms with Crippen LogP contribution in [-0.4, -0.2) is 22.4 Å². The number of nitrogens with zero attached hydrogens (tertiary/aromatic N) is 1. The Hall–Kier alpha value is -2.18. The monoisotopic (exact) mass is 410 g/mol. The number of hydrogen-bond donors (Lipinski definition) is 1. The number of oxazole rings is 1. The van der Waals surface area contributed by atoms with Gasteiger partial charge in [-0.25, -0.2) is 4.98 Å².